The summed E-state index contributed by atoms with van der Waals surface area (Å²) in [6.07, 6.45) is 1.58. The van der Waals surface area contributed by atoms with E-state index in [-0.39, 0.29) is 25.7 Å². The van der Waals surface area contributed by atoms with E-state index < -0.39 is 23.5 Å². The van der Waals surface area contributed by atoms with Crippen LogP contribution in [0.1, 0.15) is 0 Å². The molecule has 3 aromatic rings. The van der Waals surface area contributed by atoms with E-state index in [1.807, 2.05) is 0 Å². The standard InChI is InChI=1S/C22H19FN6O4/c23-15-4-1-2-5-18(15)29-17-7-3-6-16(14(17)10-24-29)28-9-8-26(22(28)33)13-21(32)27-11-19(30)25-20(31)12-27/h1-7,10H,8-9,11-13H2,(H,25,30,31). The first-order valence-electron chi connectivity index (χ1n) is 10.3. The fourth-order valence-corrected chi connectivity index (χ4v) is 4.12. The minimum Gasteiger partial charge on any atom is -0.323 e. The number of rotatable bonds is 4. The quantitative estimate of drug-likeness (QED) is 0.594. The molecule has 2 saturated heterocycles. The SMILES string of the molecule is O=C1CN(C(=O)CN2CCN(c3cccc4c3cnn4-c3ccccc3F)C2=O)CC(=O)N1. The number of para-hydroxylation sites is 1. The van der Waals surface area contributed by atoms with E-state index in [1.54, 1.807) is 42.6 Å². The Morgan fingerprint density at radius 1 is 0.970 bits per heavy atom. The molecule has 1 N–H and O–H groups in total. The molecule has 5 amide bonds. The van der Waals surface area contributed by atoms with Gasteiger partial charge in [0.15, 0.2) is 0 Å². The molecular weight excluding hydrogens is 431 g/mol. The second-order valence-electron chi connectivity index (χ2n) is 7.79. The van der Waals surface area contributed by atoms with Crippen LogP contribution in [0.2, 0.25) is 0 Å². The molecule has 5 rings (SSSR count). The van der Waals surface area contributed by atoms with Crippen molar-refractivity contribution in [1.82, 2.24) is 24.9 Å². The van der Waals surface area contributed by atoms with Crippen LogP contribution in [0.15, 0.2) is 48.7 Å². The predicted molar refractivity (Wildman–Crippen MR) is 115 cm³/mol. The number of benzene rings is 2. The number of carbonyl (C=O) groups is 4. The summed E-state index contributed by atoms with van der Waals surface area (Å²) in [5, 5.41) is 7.13. The molecule has 10 nitrogen and oxygen atoms in total. The van der Waals surface area contributed by atoms with Gasteiger partial charge in [0.25, 0.3) is 0 Å². The van der Waals surface area contributed by atoms with Crippen LogP contribution in [-0.2, 0) is 14.4 Å². The number of hydrogen-bond donors (Lipinski definition) is 1. The monoisotopic (exact) mass is 450 g/mol. The highest BCUT2D eigenvalue weighted by Gasteiger charge is 2.34. The van der Waals surface area contributed by atoms with Crippen LogP contribution in [-0.4, -0.2) is 76.1 Å². The number of piperazine rings is 1. The first-order chi connectivity index (χ1) is 15.9. The maximum Gasteiger partial charge on any atom is 0.325 e. The molecule has 168 valence electrons. The summed E-state index contributed by atoms with van der Waals surface area (Å²) in [5.41, 5.74) is 1.53. The summed E-state index contributed by atoms with van der Waals surface area (Å²) >= 11 is 0. The topological polar surface area (TPSA) is 108 Å². The normalized spacial score (nSPS) is 16.6. The van der Waals surface area contributed by atoms with Gasteiger partial charge in [-0.3, -0.25) is 24.6 Å². The van der Waals surface area contributed by atoms with Crippen LogP contribution < -0.4 is 10.2 Å². The van der Waals surface area contributed by atoms with Crippen molar-refractivity contribution in [2.75, 3.05) is 37.6 Å². The van der Waals surface area contributed by atoms with E-state index in [2.05, 4.69) is 10.4 Å². The zero-order valence-electron chi connectivity index (χ0n) is 17.4. The third kappa shape index (κ3) is 3.67. The predicted octanol–water partition coefficient (Wildman–Crippen LogP) is 0.892. The lowest BCUT2D eigenvalue weighted by atomic mass is 10.2. The first-order valence-corrected chi connectivity index (χ1v) is 10.3. The zero-order valence-corrected chi connectivity index (χ0v) is 17.4. The second-order valence-corrected chi connectivity index (χ2v) is 7.79. The number of nitrogens with zero attached hydrogens (tertiary/aromatic N) is 5. The van der Waals surface area contributed by atoms with Gasteiger partial charge in [0.2, 0.25) is 17.7 Å². The van der Waals surface area contributed by atoms with Crippen molar-refractivity contribution in [3.8, 4) is 5.69 Å². The largest absolute Gasteiger partial charge is 0.325 e. The highest BCUT2D eigenvalue weighted by Crippen LogP contribution is 2.31. The number of halogens is 1. The van der Waals surface area contributed by atoms with Gasteiger partial charge < -0.3 is 9.80 Å². The number of urea groups is 1. The molecular formula is C22H19FN6O4. The Balaban J connectivity index is 1.37. The van der Waals surface area contributed by atoms with Crippen LogP contribution in [0.5, 0.6) is 0 Å². The molecule has 0 bridgehead atoms. The number of imide groups is 1. The van der Waals surface area contributed by atoms with Crippen molar-refractivity contribution in [2.24, 2.45) is 0 Å². The Morgan fingerprint density at radius 3 is 2.45 bits per heavy atom. The summed E-state index contributed by atoms with van der Waals surface area (Å²) in [5.74, 6) is -1.99. The summed E-state index contributed by atoms with van der Waals surface area (Å²) in [4.78, 5) is 52.8. The highest BCUT2D eigenvalue weighted by molar-refractivity contribution is 6.05. The third-order valence-corrected chi connectivity index (χ3v) is 5.68. The molecule has 0 aliphatic carbocycles. The van der Waals surface area contributed by atoms with E-state index in [0.717, 1.165) is 4.90 Å². The molecule has 0 atom stereocenters. The summed E-state index contributed by atoms with van der Waals surface area (Å²) in [6, 6.07) is 11.2. The van der Waals surface area contributed by atoms with Crippen molar-refractivity contribution in [2.45, 2.75) is 0 Å². The van der Waals surface area contributed by atoms with Gasteiger partial charge in [-0.15, -0.1) is 0 Å². The lowest BCUT2D eigenvalue weighted by Gasteiger charge is -2.27. The number of hydrogen-bond acceptors (Lipinski definition) is 5. The average molecular weight is 450 g/mol. The van der Waals surface area contributed by atoms with Crippen LogP contribution >= 0.6 is 0 Å². The number of aromatic nitrogens is 2. The van der Waals surface area contributed by atoms with Gasteiger partial charge >= 0.3 is 6.03 Å². The second kappa shape index (κ2) is 8.01. The third-order valence-electron chi connectivity index (χ3n) is 5.68. The Hall–Kier alpha value is -4.28. The molecule has 2 aromatic carbocycles. The molecule has 0 radical (unpaired) electrons. The van der Waals surface area contributed by atoms with Gasteiger partial charge in [-0.2, -0.15) is 5.10 Å². The lowest BCUT2D eigenvalue weighted by Crippen LogP contribution is -2.55. The molecule has 11 heteroatoms. The summed E-state index contributed by atoms with van der Waals surface area (Å²) < 4.78 is 15.8. The minimum absolute atomic E-state index is 0.217. The van der Waals surface area contributed by atoms with Crippen LogP contribution in [0.3, 0.4) is 0 Å². The van der Waals surface area contributed by atoms with E-state index in [1.165, 1.54) is 20.5 Å². The molecule has 2 aliphatic rings. The van der Waals surface area contributed by atoms with Crippen LogP contribution in [0, 0.1) is 5.82 Å². The zero-order chi connectivity index (χ0) is 23.1. The Bertz CT molecular complexity index is 1290. The number of anilines is 1. The van der Waals surface area contributed by atoms with Gasteiger partial charge in [-0.25, -0.2) is 13.9 Å². The highest BCUT2D eigenvalue weighted by atomic mass is 19.1. The van der Waals surface area contributed by atoms with Crippen molar-refractivity contribution < 1.29 is 23.6 Å². The van der Waals surface area contributed by atoms with Crippen molar-refractivity contribution in [3.05, 3.63) is 54.5 Å². The van der Waals surface area contributed by atoms with Crippen molar-refractivity contribution >= 4 is 40.3 Å². The summed E-state index contributed by atoms with van der Waals surface area (Å²) in [7, 11) is 0. The molecule has 3 heterocycles. The number of nitrogens with one attached hydrogen (secondary N) is 1. The van der Waals surface area contributed by atoms with Gasteiger partial charge in [0.05, 0.1) is 17.4 Å². The van der Waals surface area contributed by atoms with Crippen molar-refractivity contribution in [3.63, 3.8) is 0 Å². The van der Waals surface area contributed by atoms with E-state index >= 15 is 0 Å². The Labute approximate surface area is 187 Å². The van der Waals surface area contributed by atoms with Crippen LogP contribution in [0.4, 0.5) is 14.9 Å². The average Bonchev–Trinajstić information content (AvgIpc) is 3.37. The first kappa shape index (κ1) is 20.6. The van der Waals surface area contributed by atoms with E-state index in [0.29, 0.717) is 35.4 Å². The molecule has 0 saturated carbocycles. The van der Waals surface area contributed by atoms with E-state index in [9.17, 15) is 23.6 Å². The molecule has 0 spiro atoms. The molecule has 2 fully saturated rings. The van der Waals surface area contributed by atoms with Gasteiger partial charge in [-0.1, -0.05) is 18.2 Å². The molecule has 2 aliphatic heterocycles. The van der Waals surface area contributed by atoms with Gasteiger partial charge in [-0.05, 0) is 24.3 Å². The number of amides is 5. The lowest BCUT2D eigenvalue weighted by molar-refractivity contribution is -0.145. The smallest absolute Gasteiger partial charge is 0.323 e. The van der Waals surface area contributed by atoms with Gasteiger partial charge in [0, 0.05) is 18.5 Å². The molecule has 0 unspecified atom stereocenters. The van der Waals surface area contributed by atoms with Gasteiger partial charge in [0.1, 0.15) is 31.1 Å². The Kier molecular flexibility index (Phi) is 5.00. The fourth-order valence-electron chi connectivity index (χ4n) is 4.12. The number of carbonyl (C=O) groups excluding carboxylic acids is 4. The fraction of sp³-hybridized carbons (Fsp3) is 0.227. The van der Waals surface area contributed by atoms with Crippen LogP contribution in [0.25, 0.3) is 16.6 Å². The summed E-state index contributed by atoms with van der Waals surface area (Å²) in [6.45, 7) is -0.0258. The maximum atomic E-state index is 14.3. The van der Waals surface area contributed by atoms with Crippen molar-refractivity contribution in [1.29, 1.82) is 0 Å². The number of fused-ring (bicyclic) bond motifs is 1. The minimum atomic E-state index is -0.549. The Morgan fingerprint density at radius 2 is 1.70 bits per heavy atom. The van der Waals surface area contributed by atoms with E-state index in [4.69, 9.17) is 0 Å². The molecule has 33 heavy (non-hydrogen) atoms. The maximum absolute atomic E-state index is 14.3. The molecule has 1 aromatic heterocycles.